The Balaban J connectivity index is 1.04. The van der Waals surface area contributed by atoms with Crippen LogP contribution in [0.4, 0.5) is 17.1 Å². The van der Waals surface area contributed by atoms with Crippen LogP contribution in [-0.4, -0.2) is 19.1 Å². The van der Waals surface area contributed by atoms with Gasteiger partial charge in [0.25, 0.3) is 0 Å². The molecule has 0 saturated heterocycles. The van der Waals surface area contributed by atoms with Crippen LogP contribution in [0.1, 0.15) is 0 Å². The summed E-state index contributed by atoms with van der Waals surface area (Å²) in [5.41, 5.74) is 15.3. The van der Waals surface area contributed by atoms with E-state index >= 15 is 0 Å². The van der Waals surface area contributed by atoms with Crippen molar-refractivity contribution < 1.29 is 0 Å². The highest BCUT2D eigenvalue weighted by Crippen LogP contribution is 2.54. The maximum absolute atomic E-state index is 5.03. The molecule has 0 saturated carbocycles. The molecule has 0 spiro atoms. The highest BCUT2D eigenvalue weighted by atomic mass is 15.2. The van der Waals surface area contributed by atoms with Crippen LogP contribution < -0.4 is 4.90 Å². The van der Waals surface area contributed by atoms with Crippen molar-refractivity contribution in [2.24, 2.45) is 0 Å². The number of pyridine rings is 2. The van der Waals surface area contributed by atoms with Crippen molar-refractivity contribution in [1.82, 2.24) is 19.1 Å². The average Bonchev–Trinajstić information content (AvgIpc) is 3.71. The molecule has 0 amide bonds. The summed E-state index contributed by atoms with van der Waals surface area (Å²) >= 11 is 0. The summed E-state index contributed by atoms with van der Waals surface area (Å²) in [6.45, 7) is 0. The number of fused-ring (bicyclic) bond motifs is 10. The lowest BCUT2D eigenvalue weighted by molar-refractivity contribution is 1.13. The number of anilines is 3. The molecule has 0 bridgehead atoms. The zero-order chi connectivity index (χ0) is 34.9. The minimum absolute atomic E-state index is 0.823. The van der Waals surface area contributed by atoms with Gasteiger partial charge >= 0.3 is 0 Å². The first-order valence-electron chi connectivity index (χ1n) is 17.9. The van der Waals surface area contributed by atoms with E-state index in [9.17, 15) is 0 Å². The Morgan fingerprint density at radius 2 is 0.830 bits per heavy atom. The lowest BCUT2D eigenvalue weighted by Crippen LogP contribution is -2.11. The van der Waals surface area contributed by atoms with E-state index in [-0.39, 0.29) is 0 Å². The molecule has 6 aromatic carbocycles. The molecule has 5 nitrogen and oxygen atoms in total. The number of nitrogens with zero attached hydrogens (tertiary/aromatic N) is 5. The minimum atomic E-state index is 0.823. The summed E-state index contributed by atoms with van der Waals surface area (Å²) in [5.74, 6) is 0. The first-order valence-corrected chi connectivity index (χ1v) is 17.9. The van der Waals surface area contributed by atoms with Crippen LogP contribution in [0.15, 0.2) is 188 Å². The van der Waals surface area contributed by atoms with Crippen molar-refractivity contribution >= 4 is 49.8 Å². The molecule has 53 heavy (non-hydrogen) atoms. The predicted octanol–water partition coefficient (Wildman–Crippen LogP) is 12.3. The Hall–Kier alpha value is -7.24. The third-order valence-corrected chi connectivity index (χ3v) is 10.6. The van der Waals surface area contributed by atoms with Crippen LogP contribution in [0.5, 0.6) is 0 Å². The first-order chi connectivity index (χ1) is 26.3. The summed E-state index contributed by atoms with van der Waals surface area (Å²) in [7, 11) is 0. The van der Waals surface area contributed by atoms with Crippen molar-refractivity contribution in [2.45, 2.75) is 0 Å². The number of hydrogen-bond donors (Lipinski definition) is 0. The van der Waals surface area contributed by atoms with E-state index in [0.717, 1.165) is 45.4 Å². The number of rotatable bonds is 4. The second-order valence-corrected chi connectivity index (χ2v) is 13.5. The quantitative estimate of drug-likeness (QED) is 0.186. The van der Waals surface area contributed by atoms with E-state index in [4.69, 9.17) is 9.97 Å². The van der Waals surface area contributed by atoms with E-state index in [0.29, 0.717) is 0 Å². The van der Waals surface area contributed by atoms with Crippen molar-refractivity contribution in [3.8, 4) is 45.1 Å². The summed E-state index contributed by atoms with van der Waals surface area (Å²) in [6.07, 6.45) is 3.93. The number of aromatic nitrogens is 4. The Kier molecular flexibility index (Phi) is 6.48. The van der Waals surface area contributed by atoms with E-state index < -0.39 is 0 Å². The largest absolute Gasteiger partial charge is 0.309 e. The SMILES string of the molecule is c1ccc(-n2c3c(c4ccccc42)-c2ccccc2N(c2ccc(-c4ccc(-n5c6ccccc6c6ccccc65)cn4)nc2)c2ccccc2-3)cc1. The zero-order valence-electron chi connectivity index (χ0n) is 28.6. The Labute approximate surface area is 306 Å². The van der Waals surface area contributed by atoms with Crippen LogP contribution in [0.2, 0.25) is 0 Å². The molecule has 10 aromatic rings. The van der Waals surface area contributed by atoms with Crippen molar-refractivity contribution in [1.29, 1.82) is 0 Å². The topological polar surface area (TPSA) is 38.9 Å². The molecule has 0 atom stereocenters. The lowest BCUT2D eigenvalue weighted by atomic mass is 9.98. The predicted molar refractivity (Wildman–Crippen MR) is 218 cm³/mol. The standard InChI is InChI=1S/C48H31N5/c1-2-14-32(15-3-1)53-45-24-12-7-19-38(45)47-37-18-6-11-23-44(37)52(46-25-13-8-20-39(46)48(47)53)34-27-29-41(50-31-34)40-28-26-33(30-49-40)51-42-21-9-4-16-35(42)36-17-5-10-22-43(36)51/h1-31H. The van der Waals surface area contributed by atoms with Gasteiger partial charge in [0.15, 0.2) is 0 Å². The van der Waals surface area contributed by atoms with Gasteiger partial charge in [-0.1, -0.05) is 109 Å². The maximum Gasteiger partial charge on any atom is 0.0887 e. The van der Waals surface area contributed by atoms with Crippen LogP contribution in [0.3, 0.4) is 0 Å². The van der Waals surface area contributed by atoms with Gasteiger partial charge in [0.05, 0.1) is 68.8 Å². The van der Waals surface area contributed by atoms with Crippen molar-refractivity contribution in [3.05, 3.63) is 188 Å². The monoisotopic (exact) mass is 677 g/mol. The van der Waals surface area contributed by atoms with Gasteiger partial charge in [0.2, 0.25) is 0 Å². The van der Waals surface area contributed by atoms with Gasteiger partial charge in [-0.25, -0.2) is 0 Å². The van der Waals surface area contributed by atoms with E-state index in [2.05, 4.69) is 190 Å². The van der Waals surface area contributed by atoms with Crippen LogP contribution in [0, 0.1) is 0 Å². The molecular weight excluding hydrogens is 647 g/mol. The molecule has 0 unspecified atom stereocenters. The second-order valence-electron chi connectivity index (χ2n) is 13.5. The van der Waals surface area contributed by atoms with Crippen LogP contribution >= 0.6 is 0 Å². The highest BCUT2D eigenvalue weighted by molar-refractivity contribution is 6.13. The molecule has 5 heteroatoms. The number of para-hydroxylation sites is 6. The number of hydrogen-bond acceptors (Lipinski definition) is 3. The molecule has 0 aliphatic carbocycles. The fourth-order valence-electron chi connectivity index (χ4n) is 8.31. The molecule has 11 rings (SSSR count). The Morgan fingerprint density at radius 3 is 1.45 bits per heavy atom. The maximum atomic E-state index is 5.03. The van der Waals surface area contributed by atoms with Gasteiger partial charge in [-0.15, -0.1) is 0 Å². The normalized spacial score (nSPS) is 12.1. The molecule has 0 fully saturated rings. The smallest absolute Gasteiger partial charge is 0.0887 e. The van der Waals surface area contributed by atoms with Gasteiger partial charge in [-0.05, 0) is 66.7 Å². The van der Waals surface area contributed by atoms with Gasteiger partial charge in [0, 0.05) is 38.5 Å². The summed E-state index contributed by atoms with van der Waals surface area (Å²) in [5, 5.41) is 3.69. The first kappa shape index (κ1) is 29.5. The molecule has 5 heterocycles. The van der Waals surface area contributed by atoms with E-state index in [1.807, 2.05) is 12.4 Å². The van der Waals surface area contributed by atoms with Crippen LogP contribution in [0.25, 0.3) is 77.9 Å². The molecule has 4 aromatic heterocycles. The highest BCUT2D eigenvalue weighted by Gasteiger charge is 2.31. The summed E-state index contributed by atoms with van der Waals surface area (Å²) < 4.78 is 4.70. The summed E-state index contributed by atoms with van der Waals surface area (Å²) in [6, 6.07) is 62.4. The van der Waals surface area contributed by atoms with Crippen molar-refractivity contribution in [2.75, 3.05) is 4.90 Å². The second kappa shape index (κ2) is 11.7. The Morgan fingerprint density at radius 1 is 0.340 bits per heavy atom. The Bertz CT molecular complexity index is 2940. The third-order valence-electron chi connectivity index (χ3n) is 10.6. The zero-order valence-corrected chi connectivity index (χ0v) is 28.6. The van der Waals surface area contributed by atoms with Gasteiger partial charge in [-0.2, -0.15) is 0 Å². The fourth-order valence-corrected chi connectivity index (χ4v) is 8.31. The van der Waals surface area contributed by atoms with Crippen molar-refractivity contribution in [3.63, 3.8) is 0 Å². The van der Waals surface area contributed by atoms with Gasteiger partial charge < -0.3 is 14.0 Å². The molecule has 248 valence electrons. The van der Waals surface area contributed by atoms with E-state index in [1.165, 1.54) is 49.5 Å². The molecule has 1 aliphatic rings. The average molecular weight is 678 g/mol. The van der Waals surface area contributed by atoms with E-state index in [1.54, 1.807) is 0 Å². The molecular formula is C48H31N5. The summed E-state index contributed by atoms with van der Waals surface area (Å²) in [4.78, 5) is 12.3. The molecule has 1 aliphatic heterocycles. The minimum Gasteiger partial charge on any atom is -0.309 e. The fraction of sp³-hybridized carbons (Fsp3) is 0. The third kappa shape index (κ3) is 4.44. The molecule has 0 radical (unpaired) electrons. The number of benzene rings is 6. The van der Waals surface area contributed by atoms with Gasteiger partial charge in [-0.3, -0.25) is 9.97 Å². The van der Waals surface area contributed by atoms with Crippen LogP contribution in [-0.2, 0) is 0 Å². The lowest BCUT2D eigenvalue weighted by Gasteiger charge is -2.27. The van der Waals surface area contributed by atoms with Gasteiger partial charge in [0.1, 0.15) is 0 Å². The molecule has 0 N–H and O–H groups in total.